The van der Waals surface area contributed by atoms with Gasteiger partial charge in [-0.25, -0.2) is 4.79 Å². The molecule has 0 aromatic carbocycles. The van der Waals surface area contributed by atoms with Crippen molar-refractivity contribution >= 4 is 5.82 Å². The molecule has 0 radical (unpaired) electrons. The molecule has 0 amide bonds. The topological polar surface area (TPSA) is 83.1 Å². The molecule has 0 saturated carbocycles. The monoisotopic (exact) mass is 345 g/mol. The van der Waals surface area contributed by atoms with Crippen LogP contribution in [0.4, 0.5) is 5.82 Å². The molecule has 136 valence electrons. The van der Waals surface area contributed by atoms with Gasteiger partial charge >= 0.3 is 5.69 Å². The van der Waals surface area contributed by atoms with Crippen molar-refractivity contribution in [2.75, 3.05) is 25.0 Å². The Hall–Kier alpha value is -2.59. The Bertz CT molecular complexity index is 772. The predicted molar refractivity (Wildman–Crippen MR) is 101 cm³/mol. The molecule has 0 spiro atoms. The molecule has 1 atom stereocenters. The van der Waals surface area contributed by atoms with Gasteiger partial charge in [0.1, 0.15) is 11.9 Å². The van der Waals surface area contributed by atoms with E-state index >= 15 is 0 Å². The van der Waals surface area contributed by atoms with Gasteiger partial charge in [0.15, 0.2) is 5.56 Å². The van der Waals surface area contributed by atoms with E-state index in [1.807, 2.05) is 18.2 Å². The van der Waals surface area contributed by atoms with E-state index in [1.165, 1.54) is 11.6 Å². The maximum absolute atomic E-state index is 12.2. The molecule has 7 nitrogen and oxygen atoms in total. The van der Waals surface area contributed by atoms with E-state index in [1.54, 1.807) is 7.05 Å². The second kappa shape index (κ2) is 9.04. The van der Waals surface area contributed by atoms with Gasteiger partial charge in [0.05, 0.1) is 0 Å². The first-order chi connectivity index (χ1) is 11.8. The van der Waals surface area contributed by atoms with Crippen LogP contribution in [0.5, 0.6) is 0 Å². The van der Waals surface area contributed by atoms with Crippen LogP contribution in [-0.2, 0) is 14.1 Å². The summed E-state index contributed by atoms with van der Waals surface area (Å²) in [5, 5.41) is 12.5. The van der Waals surface area contributed by atoms with Crippen molar-refractivity contribution in [1.82, 2.24) is 14.0 Å². The lowest BCUT2D eigenvalue weighted by Gasteiger charge is -2.33. The number of aromatic nitrogens is 2. The molecule has 0 aliphatic carbocycles. The smallest absolute Gasteiger partial charge is 0.332 e. The van der Waals surface area contributed by atoms with Crippen molar-refractivity contribution in [3.63, 3.8) is 0 Å². The molecule has 1 rings (SSSR count). The molecule has 7 heteroatoms. The third kappa shape index (κ3) is 4.48. The van der Waals surface area contributed by atoms with Gasteiger partial charge in [0, 0.05) is 39.8 Å². The number of nitrogens with zero attached hydrogens (tertiary/aromatic N) is 4. The summed E-state index contributed by atoms with van der Waals surface area (Å²) in [5.74, 6) is 0.555. The molecule has 0 bridgehead atoms. The summed E-state index contributed by atoms with van der Waals surface area (Å²) in [6.07, 6.45) is 3.65. The lowest BCUT2D eigenvalue weighted by molar-refractivity contribution is 0.199. The molecule has 25 heavy (non-hydrogen) atoms. The highest BCUT2D eigenvalue weighted by atomic mass is 16.2. The first-order valence-electron chi connectivity index (χ1n) is 8.19. The second-order valence-corrected chi connectivity index (χ2v) is 6.26. The highest BCUT2D eigenvalue weighted by Gasteiger charge is 2.22. The van der Waals surface area contributed by atoms with Gasteiger partial charge in [-0.1, -0.05) is 26.0 Å². The highest BCUT2D eigenvalue weighted by Crippen LogP contribution is 2.14. The Morgan fingerprint density at radius 2 is 1.76 bits per heavy atom. The average Bonchev–Trinajstić information content (AvgIpc) is 2.57. The minimum absolute atomic E-state index is 0.0638. The highest BCUT2D eigenvalue weighted by molar-refractivity contribution is 5.51. The molecule has 0 aliphatic heterocycles. The first kappa shape index (κ1) is 20.5. The van der Waals surface area contributed by atoms with E-state index in [-0.39, 0.29) is 17.4 Å². The Labute approximate surface area is 148 Å². The molecule has 0 saturated heterocycles. The number of anilines is 1. The molecule has 1 heterocycles. The number of rotatable bonds is 9. The lowest BCUT2D eigenvalue weighted by atomic mass is 10.0. The fraction of sp³-hybridized carbons (Fsp3) is 0.500. The van der Waals surface area contributed by atoms with Gasteiger partial charge in [-0.3, -0.25) is 18.8 Å². The van der Waals surface area contributed by atoms with Gasteiger partial charge in [0.2, 0.25) is 0 Å². The molecule has 1 N–H and O–H groups in total. The minimum atomic E-state index is -0.594. The zero-order chi connectivity index (χ0) is 19.1. The van der Waals surface area contributed by atoms with Crippen LogP contribution in [0.1, 0.15) is 19.4 Å². The largest absolute Gasteiger partial charge is 0.369 e. The van der Waals surface area contributed by atoms with E-state index in [9.17, 15) is 14.9 Å². The summed E-state index contributed by atoms with van der Waals surface area (Å²) < 4.78 is 2.23. The van der Waals surface area contributed by atoms with E-state index in [0.29, 0.717) is 25.6 Å². The van der Waals surface area contributed by atoms with Crippen molar-refractivity contribution in [3.05, 3.63) is 51.7 Å². The standard InChI is InChI=1S/C18H27N5O2/c1-7-9-23(10-8-2)15(13(3)4)12-20-16-14(11-19)17(24)22(6)18(25)21(16)5/h7-8,13,15,20H,1-2,9-10,12H2,3-6H3. The van der Waals surface area contributed by atoms with Crippen molar-refractivity contribution in [3.8, 4) is 6.07 Å². The Kier molecular flexibility index (Phi) is 7.40. The number of hydrogen-bond donors (Lipinski definition) is 1. The third-order valence-electron chi connectivity index (χ3n) is 4.22. The molecule has 0 fully saturated rings. The van der Waals surface area contributed by atoms with Crippen LogP contribution in [-0.4, -0.2) is 39.7 Å². The third-order valence-corrected chi connectivity index (χ3v) is 4.22. The van der Waals surface area contributed by atoms with Crippen molar-refractivity contribution < 1.29 is 0 Å². The summed E-state index contributed by atoms with van der Waals surface area (Å²) in [5.41, 5.74) is -1.13. The Morgan fingerprint density at radius 1 is 1.20 bits per heavy atom. The van der Waals surface area contributed by atoms with E-state index in [0.717, 1.165) is 4.57 Å². The molecule has 1 aromatic rings. The normalized spacial score (nSPS) is 12.0. The number of hydrogen-bond acceptors (Lipinski definition) is 5. The summed E-state index contributed by atoms with van der Waals surface area (Å²) in [6, 6.07) is 2.02. The maximum atomic E-state index is 12.2. The molecule has 1 unspecified atom stereocenters. The second-order valence-electron chi connectivity index (χ2n) is 6.26. The average molecular weight is 345 g/mol. The summed E-state index contributed by atoms with van der Waals surface area (Å²) in [4.78, 5) is 26.5. The molecular formula is C18H27N5O2. The lowest BCUT2D eigenvalue weighted by Crippen LogP contribution is -2.45. The predicted octanol–water partition coefficient (Wildman–Crippen LogP) is 1.07. The first-order valence-corrected chi connectivity index (χ1v) is 8.19. The van der Waals surface area contributed by atoms with Crippen LogP contribution in [0.3, 0.4) is 0 Å². The van der Waals surface area contributed by atoms with Crippen LogP contribution < -0.4 is 16.6 Å². The molecular weight excluding hydrogens is 318 g/mol. The van der Waals surface area contributed by atoms with Gasteiger partial charge in [-0.2, -0.15) is 5.26 Å². The van der Waals surface area contributed by atoms with Crippen LogP contribution in [0, 0.1) is 17.2 Å². The minimum Gasteiger partial charge on any atom is -0.369 e. The van der Waals surface area contributed by atoms with Gasteiger partial charge < -0.3 is 5.32 Å². The Balaban J connectivity index is 3.23. The van der Waals surface area contributed by atoms with Gasteiger partial charge in [0.25, 0.3) is 5.56 Å². The van der Waals surface area contributed by atoms with E-state index in [4.69, 9.17) is 0 Å². The van der Waals surface area contributed by atoms with Gasteiger partial charge in [-0.15, -0.1) is 13.2 Å². The van der Waals surface area contributed by atoms with E-state index < -0.39 is 11.2 Å². The maximum Gasteiger partial charge on any atom is 0.332 e. The zero-order valence-electron chi connectivity index (χ0n) is 15.5. The van der Waals surface area contributed by atoms with Crippen LogP contribution in [0.2, 0.25) is 0 Å². The summed E-state index contributed by atoms with van der Waals surface area (Å²) in [7, 11) is 2.91. The van der Waals surface area contributed by atoms with Crippen LogP contribution in [0.15, 0.2) is 34.9 Å². The zero-order valence-corrected chi connectivity index (χ0v) is 15.5. The molecule has 1 aromatic heterocycles. The van der Waals surface area contributed by atoms with E-state index in [2.05, 4.69) is 37.2 Å². The van der Waals surface area contributed by atoms with Crippen LogP contribution >= 0.6 is 0 Å². The fourth-order valence-electron chi connectivity index (χ4n) is 2.82. The number of nitrogens with one attached hydrogen (secondary N) is 1. The molecule has 0 aliphatic rings. The summed E-state index contributed by atoms with van der Waals surface area (Å²) >= 11 is 0. The van der Waals surface area contributed by atoms with Crippen molar-refractivity contribution in [1.29, 1.82) is 5.26 Å². The Morgan fingerprint density at radius 3 is 2.20 bits per heavy atom. The number of nitriles is 1. The fourth-order valence-corrected chi connectivity index (χ4v) is 2.82. The quantitative estimate of drug-likeness (QED) is 0.677. The van der Waals surface area contributed by atoms with Crippen LogP contribution in [0.25, 0.3) is 0 Å². The SMILES string of the molecule is C=CCN(CC=C)C(CNc1c(C#N)c(=O)n(C)c(=O)n1C)C(C)C. The van der Waals surface area contributed by atoms with Crippen molar-refractivity contribution in [2.24, 2.45) is 20.0 Å². The summed E-state index contributed by atoms with van der Waals surface area (Å²) in [6.45, 7) is 13.6. The van der Waals surface area contributed by atoms with Gasteiger partial charge in [-0.05, 0) is 5.92 Å². The van der Waals surface area contributed by atoms with Crippen molar-refractivity contribution in [2.45, 2.75) is 19.9 Å².